The van der Waals surface area contributed by atoms with Gasteiger partial charge in [0.25, 0.3) is 11.8 Å². The molecule has 25 heavy (non-hydrogen) atoms. The average Bonchev–Trinajstić information content (AvgIpc) is 3.08. The summed E-state index contributed by atoms with van der Waals surface area (Å²) in [7, 11) is 0. The van der Waals surface area contributed by atoms with Gasteiger partial charge in [-0.3, -0.25) is 9.59 Å². The number of amides is 2. The van der Waals surface area contributed by atoms with Crippen LogP contribution in [0.5, 0.6) is 5.75 Å². The van der Waals surface area contributed by atoms with Crippen molar-refractivity contribution >= 4 is 35.6 Å². The topological polar surface area (TPSA) is 106 Å². The molecule has 0 aliphatic heterocycles. The molecule has 0 radical (unpaired) electrons. The number of nitrogens with zero attached hydrogens (tertiary/aromatic N) is 1. The first-order valence-electron chi connectivity index (χ1n) is 7.53. The van der Waals surface area contributed by atoms with Gasteiger partial charge in [-0.2, -0.15) is 0 Å². The zero-order valence-electron chi connectivity index (χ0n) is 13.8. The predicted octanol–water partition coefficient (Wildman–Crippen LogP) is 1.47. The Balaban J connectivity index is 0.00000312. The molecule has 0 saturated carbocycles. The number of benzene rings is 1. The quantitative estimate of drug-likeness (QED) is 0.639. The second-order valence-electron chi connectivity index (χ2n) is 4.90. The minimum absolute atomic E-state index is 0. The number of carbonyl (C=O) groups is 2. The molecule has 2 rings (SSSR count). The summed E-state index contributed by atoms with van der Waals surface area (Å²) in [5, 5.41) is 7.86. The van der Waals surface area contributed by atoms with Crippen molar-refractivity contribution in [2.24, 2.45) is 5.73 Å². The van der Waals surface area contributed by atoms with Crippen LogP contribution in [0.1, 0.15) is 28.0 Å². The Bertz CT molecular complexity index is 708. The Kier molecular flexibility index (Phi) is 8.90. The van der Waals surface area contributed by atoms with E-state index >= 15 is 0 Å². The molecule has 0 bridgehead atoms. The van der Waals surface area contributed by atoms with E-state index in [1.807, 2.05) is 19.1 Å². The van der Waals surface area contributed by atoms with Crippen molar-refractivity contribution in [3.63, 3.8) is 0 Å². The molecule has 0 atom stereocenters. The van der Waals surface area contributed by atoms with Gasteiger partial charge in [0.15, 0.2) is 6.61 Å². The first-order chi connectivity index (χ1) is 11.6. The monoisotopic (exact) mass is 384 g/mol. The third-order valence-electron chi connectivity index (χ3n) is 3.05. The summed E-state index contributed by atoms with van der Waals surface area (Å²) in [6.45, 7) is 3.04. The summed E-state index contributed by atoms with van der Waals surface area (Å²) in [6, 6.07) is 7.22. The third kappa shape index (κ3) is 6.69. The highest BCUT2D eigenvalue weighted by Gasteiger charge is 2.10. The molecule has 2 aromatic rings. The number of halogens is 1. The molecule has 0 aliphatic rings. The fourth-order valence-electron chi connectivity index (χ4n) is 1.92. The molecule has 4 N–H and O–H groups in total. The number of likely N-dealkylation sites (N-methyl/N-ethyl adjacent to an activating group) is 1. The van der Waals surface area contributed by atoms with Gasteiger partial charge in [-0.15, -0.1) is 23.7 Å². The largest absolute Gasteiger partial charge is 0.484 e. The molecule has 9 heteroatoms. The summed E-state index contributed by atoms with van der Waals surface area (Å²) < 4.78 is 5.42. The summed E-state index contributed by atoms with van der Waals surface area (Å²) in [4.78, 5) is 27.6. The highest BCUT2D eigenvalue weighted by Crippen LogP contribution is 2.14. The SMILES string of the molecule is CCNC(=O)COc1cccc(CNC(=O)c2csc(CN)n2)c1.Cl. The Labute approximate surface area is 156 Å². The Morgan fingerprint density at radius 3 is 2.80 bits per heavy atom. The Morgan fingerprint density at radius 2 is 2.12 bits per heavy atom. The summed E-state index contributed by atoms with van der Waals surface area (Å²) in [5.41, 5.74) is 6.72. The number of hydrogen-bond donors (Lipinski definition) is 3. The van der Waals surface area contributed by atoms with Crippen molar-refractivity contribution in [1.82, 2.24) is 15.6 Å². The Hall–Kier alpha value is -2.16. The zero-order valence-corrected chi connectivity index (χ0v) is 15.4. The molecule has 7 nitrogen and oxygen atoms in total. The van der Waals surface area contributed by atoms with Gasteiger partial charge in [0, 0.05) is 25.0 Å². The van der Waals surface area contributed by atoms with E-state index in [9.17, 15) is 9.59 Å². The third-order valence-corrected chi connectivity index (χ3v) is 3.93. The molecular weight excluding hydrogens is 364 g/mol. The van der Waals surface area contributed by atoms with Gasteiger partial charge in [0.2, 0.25) is 0 Å². The molecule has 0 aliphatic carbocycles. The number of nitrogens with one attached hydrogen (secondary N) is 2. The van der Waals surface area contributed by atoms with Gasteiger partial charge in [-0.1, -0.05) is 12.1 Å². The van der Waals surface area contributed by atoms with Crippen LogP contribution in [-0.2, 0) is 17.9 Å². The minimum Gasteiger partial charge on any atom is -0.484 e. The maximum atomic E-state index is 12.0. The summed E-state index contributed by atoms with van der Waals surface area (Å²) in [5.74, 6) is 0.155. The van der Waals surface area contributed by atoms with E-state index in [1.165, 1.54) is 11.3 Å². The van der Waals surface area contributed by atoms with Crippen LogP contribution >= 0.6 is 23.7 Å². The number of carbonyl (C=O) groups excluding carboxylic acids is 2. The van der Waals surface area contributed by atoms with Crippen LogP contribution in [0.3, 0.4) is 0 Å². The number of rotatable bonds is 8. The van der Waals surface area contributed by atoms with Gasteiger partial charge < -0.3 is 21.1 Å². The molecule has 0 unspecified atom stereocenters. The molecule has 1 aromatic heterocycles. The zero-order chi connectivity index (χ0) is 17.4. The first-order valence-corrected chi connectivity index (χ1v) is 8.41. The van der Waals surface area contributed by atoms with Gasteiger partial charge in [0.05, 0.1) is 0 Å². The molecule has 0 saturated heterocycles. The lowest BCUT2D eigenvalue weighted by atomic mass is 10.2. The molecular formula is C16H21ClN4O3S. The van der Waals surface area contributed by atoms with Crippen molar-refractivity contribution in [2.45, 2.75) is 20.0 Å². The van der Waals surface area contributed by atoms with E-state index in [2.05, 4.69) is 15.6 Å². The van der Waals surface area contributed by atoms with Gasteiger partial charge in [0.1, 0.15) is 16.5 Å². The van der Waals surface area contributed by atoms with E-state index < -0.39 is 0 Å². The van der Waals surface area contributed by atoms with Crippen LogP contribution in [0.4, 0.5) is 0 Å². The highest BCUT2D eigenvalue weighted by atomic mass is 35.5. The van der Waals surface area contributed by atoms with Gasteiger partial charge >= 0.3 is 0 Å². The number of aromatic nitrogens is 1. The van der Waals surface area contributed by atoms with Crippen molar-refractivity contribution < 1.29 is 14.3 Å². The Morgan fingerprint density at radius 1 is 1.32 bits per heavy atom. The standard InChI is InChI=1S/C16H20N4O3S.ClH/c1-2-18-14(21)9-23-12-5-3-4-11(6-12)8-19-16(22)13-10-24-15(7-17)20-13;/h3-6,10H,2,7-9,17H2,1H3,(H,18,21)(H,19,22);1H. The summed E-state index contributed by atoms with van der Waals surface area (Å²) in [6.07, 6.45) is 0. The maximum absolute atomic E-state index is 12.0. The fourth-order valence-corrected chi connectivity index (χ4v) is 2.58. The molecule has 1 heterocycles. The second kappa shape index (κ2) is 10.7. The minimum atomic E-state index is -0.250. The predicted molar refractivity (Wildman–Crippen MR) is 99.0 cm³/mol. The lowest BCUT2D eigenvalue weighted by molar-refractivity contribution is -0.122. The van der Waals surface area contributed by atoms with E-state index in [-0.39, 0.29) is 30.8 Å². The number of ether oxygens (including phenoxy) is 1. The van der Waals surface area contributed by atoms with Crippen LogP contribution in [0, 0.1) is 0 Å². The normalized spacial score (nSPS) is 9.84. The lowest BCUT2D eigenvalue weighted by Crippen LogP contribution is -2.28. The number of nitrogens with two attached hydrogens (primary N) is 1. The van der Waals surface area contributed by atoms with E-state index in [0.717, 1.165) is 10.6 Å². The fraction of sp³-hybridized carbons (Fsp3) is 0.312. The molecule has 2 amide bonds. The van der Waals surface area contributed by atoms with Gasteiger partial charge in [-0.05, 0) is 24.6 Å². The molecule has 1 aromatic carbocycles. The van der Waals surface area contributed by atoms with Crippen LogP contribution in [0.15, 0.2) is 29.6 Å². The van der Waals surface area contributed by atoms with Crippen LogP contribution in [0.25, 0.3) is 0 Å². The number of hydrogen-bond acceptors (Lipinski definition) is 6. The van der Waals surface area contributed by atoms with Crippen molar-refractivity contribution in [1.29, 1.82) is 0 Å². The number of thiazole rings is 1. The second-order valence-corrected chi connectivity index (χ2v) is 5.85. The van der Waals surface area contributed by atoms with E-state index in [4.69, 9.17) is 10.5 Å². The molecule has 136 valence electrons. The molecule has 0 fully saturated rings. The van der Waals surface area contributed by atoms with Crippen LogP contribution in [0.2, 0.25) is 0 Å². The van der Waals surface area contributed by atoms with Crippen molar-refractivity contribution in [3.05, 3.63) is 45.9 Å². The smallest absolute Gasteiger partial charge is 0.271 e. The van der Waals surface area contributed by atoms with Crippen LogP contribution in [-0.4, -0.2) is 29.9 Å². The van der Waals surface area contributed by atoms with Crippen molar-refractivity contribution in [2.75, 3.05) is 13.2 Å². The van der Waals surface area contributed by atoms with Crippen molar-refractivity contribution in [3.8, 4) is 5.75 Å². The highest BCUT2D eigenvalue weighted by molar-refractivity contribution is 7.09. The maximum Gasteiger partial charge on any atom is 0.271 e. The first kappa shape index (κ1) is 20.9. The molecule has 0 spiro atoms. The average molecular weight is 385 g/mol. The lowest BCUT2D eigenvalue weighted by Gasteiger charge is -2.08. The summed E-state index contributed by atoms with van der Waals surface area (Å²) >= 11 is 1.36. The van der Waals surface area contributed by atoms with E-state index in [0.29, 0.717) is 31.1 Å². The van der Waals surface area contributed by atoms with Gasteiger partial charge in [-0.25, -0.2) is 4.98 Å². The van der Waals surface area contributed by atoms with Crippen LogP contribution < -0.4 is 21.1 Å². The van der Waals surface area contributed by atoms with E-state index in [1.54, 1.807) is 17.5 Å².